The number of rotatable bonds is 5. The summed E-state index contributed by atoms with van der Waals surface area (Å²) in [6.45, 7) is 5.98. The van der Waals surface area contributed by atoms with Crippen molar-refractivity contribution in [3.8, 4) is 11.4 Å². The molecule has 0 bridgehead atoms. The van der Waals surface area contributed by atoms with Gasteiger partial charge in [0.15, 0.2) is 5.82 Å². The summed E-state index contributed by atoms with van der Waals surface area (Å²) in [6, 6.07) is 11.5. The second-order valence-electron chi connectivity index (χ2n) is 5.49. The number of nitrogens with zero attached hydrogens (tertiary/aromatic N) is 3. The van der Waals surface area contributed by atoms with Crippen LogP contribution in [0.3, 0.4) is 0 Å². The van der Waals surface area contributed by atoms with Crippen LogP contribution in [0.15, 0.2) is 49.1 Å². The summed E-state index contributed by atoms with van der Waals surface area (Å²) in [4.78, 5) is 23.6. The maximum absolute atomic E-state index is 12.3. The van der Waals surface area contributed by atoms with Crippen LogP contribution in [0.5, 0.6) is 0 Å². The smallest absolute Gasteiger partial charge is 0.270 e. The first-order valence-corrected chi connectivity index (χ1v) is 7.86. The molecule has 1 aliphatic heterocycles. The van der Waals surface area contributed by atoms with Crippen LogP contribution in [-0.2, 0) is 0 Å². The zero-order valence-corrected chi connectivity index (χ0v) is 13.0. The number of anilines is 1. The standard InChI is InChI=1S/C18H20N4O/c1-2-10-19-18(23)15-13-16(22-11-6-7-12-22)21-17(20-15)14-8-4-3-5-9-14/h2-5,8-9,13H,1,6-7,10-12H2,(H,19,23). The minimum atomic E-state index is -0.204. The van der Waals surface area contributed by atoms with Crippen molar-refractivity contribution >= 4 is 11.7 Å². The Hall–Kier alpha value is -2.69. The Balaban J connectivity index is 1.99. The second-order valence-corrected chi connectivity index (χ2v) is 5.49. The number of benzene rings is 1. The molecule has 0 aliphatic carbocycles. The first kappa shape index (κ1) is 15.2. The molecule has 1 aromatic heterocycles. The van der Waals surface area contributed by atoms with Gasteiger partial charge in [-0.25, -0.2) is 9.97 Å². The largest absolute Gasteiger partial charge is 0.356 e. The number of aromatic nitrogens is 2. The van der Waals surface area contributed by atoms with Gasteiger partial charge < -0.3 is 10.2 Å². The molecule has 2 aromatic rings. The van der Waals surface area contributed by atoms with E-state index in [-0.39, 0.29) is 5.91 Å². The molecule has 118 valence electrons. The van der Waals surface area contributed by atoms with Gasteiger partial charge in [-0.05, 0) is 12.8 Å². The van der Waals surface area contributed by atoms with Crippen molar-refractivity contribution in [3.63, 3.8) is 0 Å². The minimum Gasteiger partial charge on any atom is -0.356 e. The molecule has 1 amide bonds. The molecule has 0 radical (unpaired) electrons. The Labute approximate surface area is 136 Å². The van der Waals surface area contributed by atoms with Gasteiger partial charge in [0.2, 0.25) is 0 Å². The lowest BCUT2D eigenvalue weighted by Crippen LogP contribution is -2.26. The summed E-state index contributed by atoms with van der Waals surface area (Å²) in [7, 11) is 0. The van der Waals surface area contributed by atoms with Crippen molar-refractivity contribution in [1.82, 2.24) is 15.3 Å². The van der Waals surface area contributed by atoms with Gasteiger partial charge in [-0.3, -0.25) is 4.79 Å². The average molecular weight is 308 g/mol. The van der Waals surface area contributed by atoms with Crippen molar-refractivity contribution in [2.24, 2.45) is 0 Å². The summed E-state index contributed by atoms with van der Waals surface area (Å²) >= 11 is 0. The van der Waals surface area contributed by atoms with Gasteiger partial charge in [0.05, 0.1) is 0 Å². The molecule has 1 fully saturated rings. The molecule has 0 atom stereocenters. The summed E-state index contributed by atoms with van der Waals surface area (Å²) in [5.41, 5.74) is 1.30. The van der Waals surface area contributed by atoms with Gasteiger partial charge >= 0.3 is 0 Å². The monoisotopic (exact) mass is 308 g/mol. The lowest BCUT2D eigenvalue weighted by Gasteiger charge is -2.18. The van der Waals surface area contributed by atoms with Crippen LogP contribution in [-0.4, -0.2) is 35.5 Å². The van der Waals surface area contributed by atoms with Crippen LogP contribution in [0.1, 0.15) is 23.3 Å². The minimum absolute atomic E-state index is 0.204. The van der Waals surface area contributed by atoms with Crippen molar-refractivity contribution in [2.75, 3.05) is 24.5 Å². The van der Waals surface area contributed by atoms with E-state index >= 15 is 0 Å². The molecule has 2 heterocycles. The van der Waals surface area contributed by atoms with Crippen LogP contribution in [0.25, 0.3) is 11.4 Å². The molecule has 1 aliphatic rings. The molecular formula is C18H20N4O. The second kappa shape index (κ2) is 7.05. The van der Waals surface area contributed by atoms with Crippen LogP contribution >= 0.6 is 0 Å². The average Bonchev–Trinajstić information content (AvgIpc) is 3.14. The van der Waals surface area contributed by atoms with Crippen LogP contribution in [0.2, 0.25) is 0 Å². The highest BCUT2D eigenvalue weighted by Gasteiger charge is 2.18. The highest BCUT2D eigenvalue weighted by Crippen LogP contribution is 2.23. The molecule has 1 saturated heterocycles. The Morgan fingerprint density at radius 1 is 1.22 bits per heavy atom. The van der Waals surface area contributed by atoms with Gasteiger partial charge in [-0.15, -0.1) is 6.58 Å². The molecule has 5 heteroatoms. The zero-order valence-electron chi connectivity index (χ0n) is 13.0. The van der Waals surface area contributed by atoms with Gasteiger partial charge in [0, 0.05) is 31.3 Å². The number of carbonyl (C=O) groups is 1. The predicted octanol–water partition coefficient (Wildman–Crippen LogP) is 2.66. The van der Waals surface area contributed by atoms with E-state index in [0.29, 0.717) is 18.1 Å². The summed E-state index contributed by atoms with van der Waals surface area (Å²) in [6.07, 6.45) is 3.96. The Morgan fingerprint density at radius 3 is 2.65 bits per heavy atom. The van der Waals surface area contributed by atoms with E-state index in [9.17, 15) is 4.79 Å². The van der Waals surface area contributed by atoms with Gasteiger partial charge in [0.25, 0.3) is 5.91 Å². The fourth-order valence-electron chi connectivity index (χ4n) is 2.63. The van der Waals surface area contributed by atoms with E-state index in [1.54, 1.807) is 12.1 Å². The van der Waals surface area contributed by atoms with Gasteiger partial charge in [-0.2, -0.15) is 0 Å². The quantitative estimate of drug-likeness (QED) is 0.863. The van der Waals surface area contributed by atoms with Crippen LogP contribution in [0, 0.1) is 0 Å². The Bertz CT molecular complexity index is 693. The number of hydrogen-bond donors (Lipinski definition) is 1. The third-order valence-corrected chi connectivity index (χ3v) is 3.81. The van der Waals surface area contributed by atoms with Gasteiger partial charge in [0.1, 0.15) is 11.5 Å². The highest BCUT2D eigenvalue weighted by atomic mass is 16.1. The van der Waals surface area contributed by atoms with E-state index in [4.69, 9.17) is 0 Å². The maximum Gasteiger partial charge on any atom is 0.270 e. The molecule has 0 spiro atoms. The van der Waals surface area contributed by atoms with E-state index in [2.05, 4.69) is 26.8 Å². The van der Waals surface area contributed by atoms with Crippen molar-refractivity contribution in [1.29, 1.82) is 0 Å². The van der Waals surface area contributed by atoms with Crippen molar-refractivity contribution in [3.05, 3.63) is 54.7 Å². The predicted molar refractivity (Wildman–Crippen MR) is 91.4 cm³/mol. The lowest BCUT2D eigenvalue weighted by molar-refractivity contribution is 0.0953. The number of carbonyl (C=O) groups excluding carboxylic acids is 1. The number of nitrogens with one attached hydrogen (secondary N) is 1. The third kappa shape index (κ3) is 3.56. The summed E-state index contributed by atoms with van der Waals surface area (Å²) < 4.78 is 0. The fourth-order valence-corrected chi connectivity index (χ4v) is 2.63. The molecule has 1 N–H and O–H groups in total. The SMILES string of the molecule is C=CCNC(=O)c1cc(N2CCCC2)nc(-c2ccccc2)n1. The molecule has 3 rings (SSSR count). The van der Waals surface area contributed by atoms with Crippen LogP contribution < -0.4 is 10.2 Å². The first-order chi connectivity index (χ1) is 11.3. The maximum atomic E-state index is 12.3. The first-order valence-electron chi connectivity index (χ1n) is 7.86. The molecule has 1 aromatic carbocycles. The normalized spacial score (nSPS) is 13.8. The van der Waals surface area contributed by atoms with E-state index in [0.717, 1.165) is 37.3 Å². The van der Waals surface area contributed by atoms with E-state index in [1.807, 2.05) is 30.3 Å². The summed E-state index contributed by atoms with van der Waals surface area (Å²) in [5, 5.41) is 2.78. The van der Waals surface area contributed by atoms with E-state index in [1.165, 1.54) is 0 Å². The molecule has 5 nitrogen and oxygen atoms in total. The third-order valence-electron chi connectivity index (χ3n) is 3.81. The Kier molecular flexibility index (Phi) is 4.66. The van der Waals surface area contributed by atoms with Crippen molar-refractivity contribution in [2.45, 2.75) is 12.8 Å². The summed E-state index contributed by atoms with van der Waals surface area (Å²) in [5.74, 6) is 1.20. The molecule has 0 saturated carbocycles. The fraction of sp³-hybridized carbons (Fsp3) is 0.278. The Morgan fingerprint density at radius 2 is 1.96 bits per heavy atom. The van der Waals surface area contributed by atoms with Crippen molar-refractivity contribution < 1.29 is 4.79 Å². The topological polar surface area (TPSA) is 58.1 Å². The molecule has 23 heavy (non-hydrogen) atoms. The lowest BCUT2D eigenvalue weighted by atomic mass is 10.2. The van der Waals surface area contributed by atoms with Gasteiger partial charge in [-0.1, -0.05) is 36.4 Å². The molecular weight excluding hydrogens is 288 g/mol. The number of hydrogen-bond acceptors (Lipinski definition) is 4. The zero-order chi connectivity index (χ0) is 16.1. The highest BCUT2D eigenvalue weighted by molar-refractivity contribution is 5.93. The molecule has 0 unspecified atom stereocenters. The number of amides is 1. The van der Waals surface area contributed by atoms with E-state index < -0.39 is 0 Å². The van der Waals surface area contributed by atoms with Crippen LogP contribution in [0.4, 0.5) is 5.82 Å².